The Balaban J connectivity index is 2.83. The Labute approximate surface area is 106 Å². The Morgan fingerprint density at radius 3 is 2.76 bits per heavy atom. The summed E-state index contributed by atoms with van der Waals surface area (Å²) >= 11 is 5.83. The van der Waals surface area contributed by atoms with Crippen molar-refractivity contribution in [3.8, 4) is 0 Å². The van der Waals surface area contributed by atoms with Crippen LogP contribution in [0.4, 0.5) is 0 Å². The Morgan fingerprint density at radius 2 is 2.24 bits per heavy atom. The van der Waals surface area contributed by atoms with Crippen LogP contribution in [-0.2, 0) is 11.3 Å². The van der Waals surface area contributed by atoms with Gasteiger partial charge in [0.1, 0.15) is 5.69 Å². The van der Waals surface area contributed by atoms with E-state index in [2.05, 4.69) is 13.8 Å². The van der Waals surface area contributed by atoms with E-state index in [1.807, 2.05) is 0 Å². The largest absolute Gasteiger partial charge is 0.477 e. The van der Waals surface area contributed by atoms with Gasteiger partial charge in [0, 0.05) is 26.5 Å². The second kappa shape index (κ2) is 5.56. The van der Waals surface area contributed by atoms with Crippen molar-refractivity contribution in [3.05, 3.63) is 23.0 Å². The molecule has 0 spiro atoms. The van der Waals surface area contributed by atoms with E-state index in [-0.39, 0.29) is 11.1 Å². The minimum Gasteiger partial charge on any atom is -0.477 e. The van der Waals surface area contributed by atoms with Gasteiger partial charge >= 0.3 is 5.97 Å². The SMILES string of the molecule is COCCC(C)(C)Cn1cc(Cl)cc1C(=O)O. The second-order valence-corrected chi connectivity index (χ2v) is 5.32. The summed E-state index contributed by atoms with van der Waals surface area (Å²) in [6.07, 6.45) is 2.51. The Hall–Kier alpha value is -1.00. The standard InChI is InChI=1S/C12H18ClNO3/c1-12(2,4-5-17-3)8-14-7-9(13)6-10(14)11(15)16/h6-7H,4-5,8H2,1-3H3,(H,15,16). The molecule has 0 bridgehead atoms. The first-order chi connectivity index (χ1) is 7.85. The fraction of sp³-hybridized carbons (Fsp3) is 0.583. The molecule has 0 atom stereocenters. The zero-order valence-corrected chi connectivity index (χ0v) is 11.1. The van der Waals surface area contributed by atoms with Gasteiger partial charge in [0.2, 0.25) is 0 Å². The molecule has 0 aliphatic heterocycles. The summed E-state index contributed by atoms with van der Waals surface area (Å²) in [7, 11) is 1.66. The summed E-state index contributed by atoms with van der Waals surface area (Å²) in [6.45, 7) is 5.41. The molecule has 0 fully saturated rings. The van der Waals surface area contributed by atoms with Crippen molar-refractivity contribution in [2.75, 3.05) is 13.7 Å². The van der Waals surface area contributed by atoms with Crippen LogP contribution in [0.1, 0.15) is 30.8 Å². The van der Waals surface area contributed by atoms with Crippen LogP contribution in [0.3, 0.4) is 0 Å². The normalized spacial score (nSPS) is 11.8. The van der Waals surface area contributed by atoms with Gasteiger partial charge in [-0.1, -0.05) is 25.4 Å². The summed E-state index contributed by atoms with van der Waals surface area (Å²) in [5.74, 6) is -0.959. The minimum absolute atomic E-state index is 0.0391. The predicted molar refractivity (Wildman–Crippen MR) is 66.7 cm³/mol. The lowest BCUT2D eigenvalue weighted by atomic mass is 9.89. The summed E-state index contributed by atoms with van der Waals surface area (Å²) in [6, 6.07) is 1.47. The van der Waals surface area contributed by atoms with Crippen molar-refractivity contribution >= 4 is 17.6 Å². The maximum atomic E-state index is 11.0. The van der Waals surface area contributed by atoms with Crippen molar-refractivity contribution in [2.45, 2.75) is 26.8 Å². The number of carboxylic acid groups (broad SMARTS) is 1. The molecule has 0 aromatic carbocycles. The highest BCUT2D eigenvalue weighted by molar-refractivity contribution is 6.30. The van der Waals surface area contributed by atoms with Crippen molar-refractivity contribution < 1.29 is 14.6 Å². The molecule has 1 aromatic heterocycles. The lowest BCUT2D eigenvalue weighted by Gasteiger charge is -2.25. The zero-order valence-electron chi connectivity index (χ0n) is 10.4. The van der Waals surface area contributed by atoms with Crippen molar-refractivity contribution in [2.24, 2.45) is 5.41 Å². The zero-order chi connectivity index (χ0) is 13.1. The molecule has 0 aliphatic carbocycles. The lowest BCUT2D eigenvalue weighted by molar-refractivity contribution is 0.0680. The highest BCUT2D eigenvalue weighted by atomic mass is 35.5. The fourth-order valence-corrected chi connectivity index (χ4v) is 1.92. The van der Waals surface area contributed by atoms with Gasteiger partial charge < -0.3 is 14.4 Å². The summed E-state index contributed by atoms with van der Waals surface area (Å²) in [5.41, 5.74) is 0.184. The minimum atomic E-state index is -0.959. The van der Waals surface area contributed by atoms with E-state index in [4.69, 9.17) is 21.4 Å². The van der Waals surface area contributed by atoms with Gasteiger partial charge in [0.05, 0.1) is 5.02 Å². The van der Waals surface area contributed by atoms with Crippen LogP contribution in [0.25, 0.3) is 0 Å². The van der Waals surface area contributed by atoms with Gasteiger partial charge in [0.15, 0.2) is 0 Å². The highest BCUT2D eigenvalue weighted by Crippen LogP contribution is 2.25. The number of ether oxygens (including phenoxy) is 1. The lowest BCUT2D eigenvalue weighted by Crippen LogP contribution is -2.23. The Bertz CT molecular complexity index is 398. The molecule has 5 heteroatoms. The van der Waals surface area contributed by atoms with Gasteiger partial charge in [-0.2, -0.15) is 0 Å². The molecule has 1 N–H and O–H groups in total. The molecule has 0 saturated heterocycles. The van der Waals surface area contributed by atoms with Crippen LogP contribution in [0, 0.1) is 5.41 Å². The van der Waals surface area contributed by atoms with E-state index in [1.54, 1.807) is 17.9 Å². The predicted octanol–water partition coefficient (Wildman–Crippen LogP) is 2.90. The topological polar surface area (TPSA) is 51.5 Å². The number of halogens is 1. The van der Waals surface area contributed by atoms with Gasteiger partial charge in [-0.15, -0.1) is 0 Å². The average molecular weight is 260 g/mol. The quantitative estimate of drug-likeness (QED) is 0.855. The van der Waals surface area contributed by atoms with Gasteiger partial charge in [0.25, 0.3) is 0 Å². The van der Waals surface area contributed by atoms with Gasteiger partial charge in [-0.25, -0.2) is 4.79 Å². The molecule has 0 aliphatic rings. The molecular formula is C12H18ClNO3. The van der Waals surface area contributed by atoms with E-state index >= 15 is 0 Å². The molecule has 0 unspecified atom stereocenters. The summed E-state index contributed by atoms with van der Waals surface area (Å²) < 4.78 is 6.73. The number of rotatable bonds is 6. The fourth-order valence-electron chi connectivity index (χ4n) is 1.70. The first kappa shape index (κ1) is 14.1. The van der Waals surface area contributed by atoms with Crippen LogP contribution in [0.2, 0.25) is 5.02 Å². The van der Waals surface area contributed by atoms with Crippen LogP contribution in [-0.4, -0.2) is 29.4 Å². The molecule has 17 heavy (non-hydrogen) atoms. The van der Waals surface area contributed by atoms with Crippen LogP contribution < -0.4 is 0 Å². The molecule has 0 saturated carbocycles. The first-order valence-electron chi connectivity index (χ1n) is 5.43. The Kier molecular flexibility index (Phi) is 4.60. The van der Waals surface area contributed by atoms with Crippen LogP contribution in [0.15, 0.2) is 12.3 Å². The number of hydrogen-bond donors (Lipinski definition) is 1. The molecule has 0 radical (unpaired) electrons. The molecule has 4 nitrogen and oxygen atoms in total. The maximum absolute atomic E-state index is 11.0. The van der Waals surface area contributed by atoms with E-state index in [0.717, 1.165) is 6.42 Å². The number of aromatic carboxylic acids is 1. The van der Waals surface area contributed by atoms with Crippen molar-refractivity contribution in [3.63, 3.8) is 0 Å². The monoisotopic (exact) mass is 259 g/mol. The van der Waals surface area contributed by atoms with Crippen molar-refractivity contribution in [1.82, 2.24) is 4.57 Å². The van der Waals surface area contributed by atoms with Crippen molar-refractivity contribution in [1.29, 1.82) is 0 Å². The van der Waals surface area contributed by atoms with Crippen LogP contribution in [0.5, 0.6) is 0 Å². The number of aromatic nitrogens is 1. The van der Waals surface area contributed by atoms with E-state index < -0.39 is 5.97 Å². The molecule has 1 heterocycles. The van der Waals surface area contributed by atoms with Gasteiger partial charge in [-0.3, -0.25) is 0 Å². The van der Waals surface area contributed by atoms with E-state index in [1.165, 1.54) is 6.07 Å². The van der Waals surface area contributed by atoms with Gasteiger partial charge in [-0.05, 0) is 17.9 Å². The molecular weight excluding hydrogens is 242 g/mol. The summed E-state index contributed by atoms with van der Waals surface area (Å²) in [4.78, 5) is 11.0. The molecule has 96 valence electrons. The third-order valence-corrected chi connectivity index (χ3v) is 2.87. The first-order valence-corrected chi connectivity index (χ1v) is 5.81. The third kappa shape index (κ3) is 4.06. The number of carbonyl (C=O) groups is 1. The number of nitrogens with zero attached hydrogens (tertiary/aromatic N) is 1. The van der Waals surface area contributed by atoms with E-state index in [9.17, 15) is 4.79 Å². The number of carboxylic acids is 1. The smallest absolute Gasteiger partial charge is 0.352 e. The molecule has 0 amide bonds. The third-order valence-electron chi connectivity index (χ3n) is 2.66. The number of hydrogen-bond acceptors (Lipinski definition) is 2. The van der Waals surface area contributed by atoms with E-state index in [0.29, 0.717) is 18.2 Å². The summed E-state index contributed by atoms with van der Waals surface area (Å²) in [5, 5.41) is 9.50. The highest BCUT2D eigenvalue weighted by Gasteiger charge is 2.21. The maximum Gasteiger partial charge on any atom is 0.352 e. The average Bonchev–Trinajstić information content (AvgIpc) is 2.56. The second-order valence-electron chi connectivity index (χ2n) is 4.88. The molecule has 1 rings (SSSR count). The Morgan fingerprint density at radius 1 is 1.59 bits per heavy atom. The molecule has 1 aromatic rings. The number of methoxy groups -OCH3 is 1. The van der Waals surface area contributed by atoms with Crippen LogP contribution >= 0.6 is 11.6 Å².